The molecule has 0 amide bonds. The van der Waals surface area contributed by atoms with Crippen LogP contribution in [-0.2, 0) is 4.79 Å². The summed E-state index contributed by atoms with van der Waals surface area (Å²) in [6.45, 7) is 0. The van der Waals surface area contributed by atoms with E-state index < -0.39 is 34.5 Å². The summed E-state index contributed by atoms with van der Waals surface area (Å²) in [5.74, 6) is -5.72. The molecule has 0 fully saturated rings. The number of hydrogen-bond acceptors (Lipinski definition) is 2. The van der Waals surface area contributed by atoms with Gasteiger partial charge in [-0.1, -0.05) is 0 Å². The lowest BCUT2D eigenvalue weighted by Gasteiger charge is -2.01. The molecule has 0 saturated carbocycles. The zero-order chi connectivity index (χ0) is 12.3. The highest BCUT2D eigenvalue weighted by Gasteiger charge is 2.16. The molecule has 0 aromatic heterocycles. The Morgan fingerprint density at radius 1 is 1.38 bits per heavy atom. The van der Waals surface area contributed by atoms with E-state index in [4.69, 9.17) is 10.4 Å². The van der Waals surface area contributed by atoms with Gasteiger partial charge in [-0.15, -0.1) is 0 Å². The van der Waals surface area contributed by atoms with Crippen molar-refractivity contribution >= 4 is 12.0 Å². The SMILES string of the molecule is N#Cc1cc(F)c(/C=C/C(=O)O)c(F)c1F. The van der Waals surface area contributed by atoms with Crippen LogP contribution in [0.2, 0.25) is 0 Å². The molecule has 0 saturated heterocycles. The molecule has 6 heteroatoms. The van der Waals surface area contributed by atoms with Crippen LogP contribution in [0.3, 0.4) is 0 Å². The van der Waals surface area contributed by atoms with E-state index in [0.29, 0.717) is 18.2 Å². The van der Waals surface area contributed by atoms with Crippen molar-refractivity contribution in [2.45, 2.75) is 0 Å². The van der Waals surface area contributed by atoms with Crippen molar-refractivity contribution < 1.29 is 23.1 Å². The van der Waals surface area contributed by atoms with Crippen LogP contribution < -0.4 is 0 Å². The smallest absolute Gasteiger partial charge is 0.328 e. The van der Waals surface area contributed by atoms with E-state index >= 15 is 0 Å². The second kappa shape index (κ2) is 4.49. The Hall–Kier alpha value is -2.29. The van der Waals surface area contributed by atoms with Gasteiger partial charge in [0, 0.05) is 11.6 Å². The summed E-state index contributed by atoms with van der Waals surface area (Å²) in [7, 11) is 0. The predicted molar refractivity (Wildman–Crippen MR) is 47.7 cm³/mol. The van der Waals surface area contributed by atoms with Crippen LogP contribution in [0.4, 0.5) is 13.2 Å². The molecule has 82 valence electrons. The van der Waals surface area contributed by atoms with E-state index in [1.165, 1.54) is 6.07 Å². The normalized spacial score (nSPS) is 10.4. The first-order chi connectivity index (χ1) is 7.47. The van der Waals surface area contributed by atoms with Crippen molar-refractivity contribution in [2.24, 2.45) is 0 Å². The molecule has 0 atom stereocenters. The van der Waals surface area contributed by atoms with Gasteiger partial charge in [-0.05, 0) is 12.1 Å². The number of carboxylic acids is 1. The van der Waals surface area contributed by atoms with Crippen LogP contribution in [0, 0.1) is 28.8 Å². The molecule has 16 heavy (non-hydrogen) atoms. The second-order valence-corrected chi connectivity index (χ2v) is 2.73. The van der Waals surface area contributed by atoms with Crippen molar-refractivity contribution in [1.82, 2.24) is 0 Å². The molecule has 0 bridgehead atoms. The van der Waals surface area contributed by atoms with E-state index in [-0.39, 0.29) is 0 Å². The molecule has 1 aromatic carbocycles. The zero-order valence-electron chi connectivity index (χ0n) is 7.67. The monoisotopic (exact) mass is 227 g/mol. The predicted octanol–water partition coefficient (Wildman–Crippen LogP) is 2.07. The number of aliphatic carboxylic acids is 1. The van der Waals surface area contributed by atoms with Crippen molar-refractivity contribution in [3.8, 4) is 6.07 Å². The Morgan fingerprint density at radius 3 is 2.50 bits per heavy atom. The minimum Gasteiger partial charge on any atom is -0.478 e. The van der Waals surface area contributed by atoms with E-state index in [2.05, 4.69) is 0 Å². The first-order valence-electron chi connectivity index (χ1n) is 3.96. The third-order valence-electron chi connectivity index (χ3n) is 1.71. The average Bonchev–Trinajstić information content (AvgIpc) is 2.22. The Labute approximate surface area is 88.0 Å². The van der Waals surface area contributed by atoms with Crippen LogP contribution in [0.5, 0.6) is 0 Å². The minimum atomic E-state index is -1.59. The molecule has 3 nitrogen and oxygen atoms in total. The molecule has 0 aliphatic carbocycles. The molecular weight excluding hydrogens is 223 g/mol. The molecule has 1 aromatic rings. The highest BCUT2D eigenvalue weighted by atomic mass is 19.2. The van der Waals surface area contributed by atoms with Gasteiger partial charge >= 0.3 is 5.97 Å². The topological polar surface area (TPSA) is 61.1 Å². The van der Waals surface area contributed by atoms with Gasteiger partial charge in [0.1, 0.15) is 11.9 Å². The number of benzene rings is 1. The molecule has 0 spiro atoms. The Balaban J connectivity index is 3.38. The van der Waals surface area contributed by atoms with Gasteiger partial charge < -0.3 is 5.11 Å². The number of hydrogen-bond donors (Lipinski definition) is 1. The van der Waals surface area contributed by atoms with Crippen molar-refractivity contribution in [3.05, 3.63) is 40.7 Å². The van der Waals surface area contributed by atoms with Gasteiger partial charge in [0.05, 0.1) is 5.56 Å². The van der Waals surface area contributed by atoms with Crippen LogP contribution in [0.25, 0.3) is 6.08 Å². The summed E-state index contributed by atoms with van der Waals surface area (Å²) in [4.78, 5) is 10.1. The number of rotatable bonds is 2. The van der Waals surface area contributed by atoms with Crippen molar-refractivity contribution in [2.75, 3.05) is 0 Å². The summed E-state index contributed by atoms with van der Waals surface area (Å²) >= 11 is 0. The van der Waals surface area contributed by atoms with Gasteiger partial charge in [-0.25, -0.2) is 18.0 Å². The number of nitrogens with zero attached hydrogens (tertiary/aromatic N) is 1. The van der Waals surface area contributed by atoms with Gasteiger partial charge in [0.25, 0.3) is 0 Å². The summed E-state index contributed by atoms with van der Waals surface area (Å²) in [5, 5.41) is 16.6. The maximum atomic E-state index is 13.2. The Kier molecular flexibility index (Phi) is 3.30. The van der Waals surface area contributed by atoms with E-state index in [0.717, 1.165) is 0 Å². The summed E-state index contributed by atoms with van der Waals surface area (Å²) in [6.07, 6.45) is 1.05. The standard InChI is InChI=1S/C10H4F3NO2/c11-7-3-5(4-14)9(12)10(13)6(7)1-2-8(15)16/h1-3H,(H,15,16)/b2-1+. The van der Waals surface area contributed by atoms with Gasteiger partial charge in [0.15, 0.2) is 11.6 Å². The quantitative estimate of drug-likeness (QED) is 0.621. The van der Waals surface area contributed by atoms with Gasteiger partial charge in [-0.2, -0.15) is 5.26 Å². The van der Waals surface area contributed by atoms with Gasteiger partial charge in [-0.3, -0.25) is 0 Å². The summed E-state index contributed by atoms with van der Waals surface area (Å²) < 4.78 is 39.3. The van der Waals surface area contributed by atoms with Crippen molar-refractivity contribution in [3.63, 3.8) is 0 Å². The molecule has 0 unspecified atom stereocenters. The third-order valence-corrected chi connectivity index (χ3v) is 1.71. The fourth-order valence-electron chi connectivity index (χ4n) is 0.998. The lowest BCUT2D eigenvalue weighted by atomic mass is 10.1. The zero-order valence-corrected chi connectivity index (χ0v) is 7.67. The van der Waals surface area contributed by atoms with E-state index in [1.807, 2.05) is 0 Å². The Morgan fingerprint density at radius 2 is 2.00 bits per heavy atom. The fraction of sp³-hybridized carbons (Fsp3) is 0. The molecule has 0 aliphatic heterocycles. The maximum absolute atomic E-state index is 13.2. The third kappa shape index (κ3) is 2.20. The van der Waals surface area contributed by atoms with Gasteiger partial charge in [0.2, 0.25) is 0 Å². The molecule has 0 heterocycles. The Bertz CT molecular complexity index is 518. The minimum absolute atomic E-state index is 0.465. The highest BCUT2D eigenvalue weighted by molar-refractivity contribution is 5.85. The van der Waals surface area contributed by atoms with Crippen LogP contribution >= 0.6 is 0 Å². The average molecular weight is 227 g/mol. The molecule has 1 rings (SSSR count). The first-order valence-corrected chi connectivity index (χ1v) is 3.96. The maximum Gasteiger partial charge on any atom is 0.328 e. The number of nitriles is 1. The number of halogens is 3. The largest absolute Gasteiger partial charge is 0.478 e. The first kappa shape index (κ1) is 11.8. The second-order valence-electron chi connectivity index (χ2n) is 2.73. The fourth-order valence-corrected chi connectivity index (χ4v) is 0.998. The van der Waals surface area contributed by atoms with Crippen LogP contribution in [0.1, 0.15) is 11.1 Å². The number of carbonyl (C=O) groups is 1. The summed E-state index contributed by atoms with van der Waals surface area (Å²) in [5.41, 5.74) is -1.61. The molecular formula is C10H4F3NO2. The van der Waals surface area contributed by atoms with Crippen molar-refractivity contribution in [1.29, 1.82) is 5.26 Å². The van der Waals surface area contributed by atoms with Crippen LogP contribution in [-0.4, -0.2) is 11.1 Å². The lowest BCUT2D eigenvalue weighted by molar-refractivity contribution is -0.131. The highest BCUT2D eigenvalue weighted by Crippen LogP contribution is 2.20. The number of carboxylic acid groups (broad SMARTS) is 1. The lowest BCUT2D eigenvalue weighted by Crippen LogP contribution is -1.98. The molecule has 1 N–H and O–H groups in total. The molecule has 0 aliphatic rings. The molecule has 0 radical (unpaired) electrons. The summed E-state index contributed by atoms with van der Waals surface area (Å²) in [6, 6.07) is 1.77. The van der Waals surface area contributed by atoms with E-state index in [9.17, 15) is 18.0 Å². The van der Waals surface area contributed by atoms with Crippen LogP contribution in [0.15, 0.2) is 12.1 Å². The van der Waals surface area contributed by atoms with E-state index in [1.54, 1.807) is 0 Å².